The molecule has 2 N–H and O–H groups in total. The molecule has 0 saturated heterocycles. The van der Waals surface area contributed by atoms with Crippen LogP contribution in [0.25, 0.3) is 0 Å². The maximum atomic E-state index is 12.5. The molecule has 0 heterocycles. The van der Waals surface area contributed by atoms with Gasteiger partial charge in [0, 0.05) is 5.70 Å². The van der Waals surface area contributed by atoms with E-state index in [4.69, 9.17) is 17.3 Å². The second kappa shape index (κ2) is 4.73. The first-order valence-corrected chi connectivity index (χ1v) is 3.98. The van der Waals surface area contributed by atoms with Crippen LogP contribution in [0, 0.1) is 0 Å². The molecule has 0 fully saturated rings. The van der Waals surface area contributed by atoms with Gasteiger partial charge in [-0.3, -0.25) is 0 Å². The highest BCUT2D eigenvalue weighted by Crippen LogP contribution is 2.14. The van der Waals surface area contributed by atoms with Crippen molar-refractivity contribution in [3.63, 3.8) is 0 Å². The first kappa shape index (κ1) is 9.97. The predicted molar refractivity (Wildman–Crippen MR) is 50.5 cm³/mol. The maximum absolute atomic E-state index is 12.5. The molecule has 0 rings (SSSR count). The first-order chi connectivity index (χ1) is 4.57. The van der Waals surface area contributed by atoms with E-state index in [1.54, 1.807) is 0 Å². The molecule has 0 saturated carbocycles. The zero-order valence-electron chi connectivity index (χ0n) is 5.07. The summed E-state index contributed by atoms with van der Waals surface area (Å²) in [5.74, 6) is -0.605. The molecule has 0 amide bonds. The number of nitrogens with two attached hydrogens (primary N) is 1. The van der Waals surface area contributed by atoms with Crippen molar-refractivity contribution in [3.8, 4) is 0 Å². The molecule has 0 aliphatic heterocycles. The van der Waals surface area contributed by atoms with Gasteiger partial charge in [-0.15, -0.1) is 0 Å². The van der Waals surface area contributed by atoms with Crippen LogP contribution in [-0.4, -0.2) is 0 Å². The Kier molecular flexibility index (Phi) is 4.72. The van der Waals surface area contributed by atoms with E-state index in [2.05, 4.69) is 6.58 Å². The highest BCUT2D eigenvalue weighted by Gasteiger charge is 1.95. The lowest BCUT2D eigenvalue weighted by molar-refractivity contribution is 0.662. The van der Waals surface area contributed by atoms with Crippen LogP contribution in [0.15, 0.2) is 33.3 Å². The van der Waals surface area contributed by atoms with Crippen LogP contribution >= 0.6 is 34.2 Å². The molecule has 0 bridgehead atoms. The summed E-state index contributed by atoms with van der Waals surface area (Å²) in [7, 11) is 0. The van der Waals surface area contributed by atoms with Gasteiger partial charge in [0.05, 0.1) is 5.03 Å². The molecular weight excluding hydrogens is 267 g/mol. The van der Waals surface area contributed by atoms with Crippen molar-refractivity contribution in [1.82, 2.24) is 0 Å². The third kappa shape index (κ3) is 3.90. The van der Waals surface area contributed by atoms with Crippen LogP contribution in [0.1, 0.15) is 0 Å². The average molecular weight is 273 g/mol. The van der Waals surface area contributed by atoms with Crippen molar-refractivity contribution in [3.05, 3.63) is 33.3 Å². The van der Waals surface area contributed by atoms with E-state index in [1.165, 1.54) is 4.08 Å². The average Bonchev–Trinajstić information content (AvgIpc) is 1.87. The molecule has 0 aromatic carbocycles. The van der Waals surface area contributed by atoms with Gasteiger partial charge in [-0.25, -0.2) is 4.39 Å². The summed E-state index contributed by atoms with van der Waals surface area (Å²) in [5.41, 5.74) is 5.57. The van der Waals surface area contributed by atoms with Gasteiger partial charge >= 0.3 is 0 Å². The Balaban J connectivity index is 4.31. The summed E-state index contributed by atoms with van der Waals surface area (Å²) in [5, 5.41) is -0.138. The molecule has 0 unspecified atom stereocenters. The van der Waals surface area contributed by atoms with Gasteiger partial charge in [0.2, 0.25) is 0 Å². The van der Waals surface area contributed by atoms with Gasteiger partial charge in [-0.2, -0.15) is 0 Å². The molecular formula is C6H6ClFIN. The van der Waals surface area contributed by atoms with Gasteiger partial charge in [0.25, 0.3) is 0 Å². The summed E-state index contributed by atoms with van der Waals surface area (Å²) in [6.07, 6.45) is 1.11. The van der Waals surface area contributed by atoms with Crippen LogP contribution in [0.3, 0.4) is 0 Å². The number of allylic oxidation sites excluding steroid dienone is 3. The topological polar surface area (TPSA) is 26.0 Å². The Morgan fingerprint density at radius 1 is 1.70 bits per heavy atom. The third-order valence-electron chi connectivity index (χ3n) is 0.679. The van der Waals surface area contributed by atoms with Crippen LogP contribution < -0.4 is 5.73 Å². The highest BCUT2D eigenvalue weighted by molar-refractivity contribution is 14.1. The number of hydrogen-bond acceptors (Lipinski definition) is 1. The SMILES string of the molecule is C=C(Cl)/C(F)=C\C(N)=C\I. The molecule has 4 heteroatoms. The number of halogens is 3. The Labute approximate surface area is 77.6 Å². The van der Waals surface area contributed by atoms with E-state index in [-0.39, 0.29) is 5.03 Å². The number of hydrogen-bond donors (Lipinski definition) is 1. The summed E-state index contributed by atoms with van der Waals surface area (Å²) >= 11 is 7.11. The van der Waals surface area contributed by atoms with E-state index in [0.29, 0.717) is 5.70 Å². The van der Waals surface area contributed by atoms with Crippen LogP contribution in [-0.2, 0) is 0 Å². The van der Waals surface area contributed by atoms with Gasteiger partial charge in [0.15, 0.2) is 0 Å². The standard InChI is InChI=1S/C6H6ClFIN/c1-4(7)6(8)2-5(10)3-9/h2-3H,1,10H2/b5-3-,6-2+. The summed E-state index contributed by atoms with van der Waals surface area (Å²) in [6, 6.07) is 0. The van der Waals surface area contributed by atoms with Crippen molar-refractivity contribution >= 4 is 34.2 Å². The van der Waals surface area contributed by atoms with Crippen LogP contribution in [0.4, 0.5) is 4.39 Å². The number of rotatable bonds is 2. The maximum Gasteiger partial charge on any atom is 0.143 e. The second-order valence-electron chi connectivity index (χ2n) is 1.51. The summed E-state index contributed by atoms with van der Waals surface area (Å²) < 4.78 is 14.0. The molecule has 56 valence electrons. The Morgan fingerprint density at radius 2 is 2.20 bits per heavy atom. The molecule has 0 radical (unpaired) electrons. The van der Waals surface area contributed by atoms with Gasteiger partial charge in [0.1, 0.15) is 5.83 Å². The highest BCUT2D eigenvalue weighted by atomic mass is 127. The summed E-state index contributed by atoms with van der Waals surface area (Å²) in [4.78, 5) is 0. The largest absolute Gasteiger partial charge is 0.398 e. The van der Waals surface area contributed by atoms with Crippen LogP contribution in [0.2, 0.25) is 0 Å². The van der Waals surface area contributed by atoms with Gasteiger partial charge in [-0.1, -0.05) is 40.8 Å². The Morgan fingerprint density at radius 3 is 2.50 bits per heavy atom. The fraction of sp³-hybridized carbons (Fsp3) is 0. The monoisotopic (exact) mass is 273 g/mol. The Hall–Kier alpha value is -0.0300. The van der Waals surface area contributed by atoms with E-state index >= 15 is 0 Å². The van der Waals surface area contributed by atoms with E-state index in [9.17, 15) is 4.39 Å². The van der Waals surface area contributed by atoms with E-state index in [0.717, 1.165) is 6.08 Å². The molecule has 1 nitrogen and oxygen atoms in total. The molecule has 0 aromatic heterocycles. The van der Waals surface area contributed by atoms with Crippen molar-refractivity contribution in [2.45, 2.75) is 0 Å². The lowest BCUT2D eigenvalue weighted by Gasteiger charge is -1.91. The minimum Gasteiger partial charge on any atom is -0.398 e. The lowest BCUT2D eigenvalue weighted by atomic mass is 10.4. The van der Waals surface area contributed by atoms with Crippen molar-refractivity contribution in [2.75, 3.05) is 0 Å². The van der Waals surface area contributed by atoms with E-state index in [1.807, 2.05) is 22.6 Å². The smallest absolute Gasteiger partial charge is 0.143 e. The van der Waals surface area contributed by atoms with Crippen molar-refractivity contribution < 1.29 is 4.39 Å². The fourth-order valence-electron chi connectivity index (χ4n) is 0.256. The zero-order chi connectivity index (χ0) is 8.15. The minimum atomic E-state index is -0.605. The zero-order valence-corrected chi connectivity index (χ0v) is 7.99. The normalized spacial score (nSPS) is 13.5. The minimum absolute atomic E-state index is 0.138. The van der Waals surface area contributed by atoms with E-state index < -0.39 is 5.83 Å². The lowest BCUT2D eigenvalue weighted by Crippen LogP contribution is -1.91. The second-order valence-corrected chi connectivity index (χ2v) is 2.59. The molecule has 0 spiro atoms. The van der Waals surface area contributed by atoms with Gasteiger partial charge in [-0.05, 0) is 10.2 Å². The van der Waals surface area contributed by atoms with Crippen molar-refractivity contribution in [2.24, 2.45) is 5.73 Å². The molecule has 10 heavy (non-hydrogen) atoms. The molecule has 0 aliphatic rings. The first-order valence-electron chi connectivity index (χ1n) is 2.35. The molecule has 0 atom stereocenters. The van der Waals surface area contributed by atoms with Crippen molar-refractivity contribution in [1.29, 1.82) is 0 Å². The summed E-state index contributed by atoms with van der Waals surface area (Å²) in [6.45, 7) is 3.18. The molecule has 0 aromatic rings. The van der Waals surface area contributed by atoms with Crippen LogP contribution in [0.5, 0.6) is 0 Å². The Bertz CT molecular complexity index is 198. The quantitative estimate of drug-likeness (QED) is 0.607. The fourth-order valence-corrected chi connectivity index (χ4v) is 0.490. The van der Waals surface area contributed by atoms with Gasteiger partial charge < -0.3 is 5.73 Å². The predicted octanol–water partition coefficient (Wildman–Crippen LogP) is 2.83. The molecule has 0 aliphatic carbocycles. The third-order valence-corrected chi connectivity index (χ3v) is 1.58.